The lowest BCUT2D eigenvalue weighted by Crippen LogP contribution is -2.38. The second kappa shape index (κ2) is 6.41. The Morgan fingerprint density at radius 3 is 2.71 bits per heavy atom. The van der Waals surface area contributed by atoms with Crippen LogP contribution in [0.2, 0.25) is 0 Å². The Hall–Kier alpha value is -0.540. The van der Waals surface area contributed by atoms with Gasteiger partial charge in [0.1, 0.15) is 0 Å². The summed E-state index contributed by atoms with van der Waals surface area (Å²) in [5.41, 5.74) is 1.67. The molecule has 1 N–H and O–H groups in total. The molecule has 4 heteroatoms. The van der Waals surface area contributed by atoms with Crippen molar-refractivity contribution in [1.82, 2.24) is 5.32 Å². The number of aryl methyl sites for hydroxylation is 1. The van der Waals surface area contributed by atoms with Crippen LogP contribution in [0.4, 0.5) is 0 Å². The van der Waals surface area contributed by atoms with Crippen molar-refractivity contribution in [3.63, 3.8) is 0 Å². The van der Waals surface area contributed by atoms with E-state index in [1.807, 2.05) is 39.0 Å². The third kappa shape index (κ3) is 4.00. The van der Waals surface area contributed by atoms with E-state index in [2.05, 4.69) is 21.2 Å². The minimum absolute atomic E-state index is 0.0479. The summed E-state index contributed by atoms with van der Waals surface area (Å²) in [7, 11) is 0. The number of halogens is 2. The van der Waals surface area contributed by atoms with Crippen molar-refractivity contribution in [2.24, 2.45) is 5.92 Å². The second-order valence-corrected chi connectivity index (χ2v) is 5.58. The van der Waals surface area contributed by atoms with Gasteiger partial charge < -0.3 is 5.32 Å². The molecule has 0 aromatic heterocycles. The van der Waals surface area contributed by atoms with Gasteiger partial charge in [-0.05, 0) is 37.5 Å². The van der Waals surface area contributed by atoms with E-state index >= 15 is 0 Å². The molecule has 2 atom stereocenters. The molecule has 0 heterocycles. The van der Waals surface area contributed by atoms with E-state index in [1.54, 1.807) is 0 Å². The summed E-state index contributed by atoms with van der Waals surface area (Å²) in [5.74, 6) is 0.750. The molecular formula is C13H17BrClNO. The Balaban J connectivity index is 2.79. The van der Waals surface area contributed by atoms with E-state index < -0.39 is 0 Å². The molecule has 0 saturated heterocycles. The summed E-state index contributed by atoms with van der Waals surface area (Å²) >= 11 is 9.15. The van der Waals surface area contributed by atoms with Crippen molar-refractivity contribution in [2.75, 3.05) is 5.88 Å². The third-order valence-electron chi connectivity index (χ3n) is 2.90. The molecule has 0 aliphatic rings. The summed E-state index contributed by atoms with van der Waals surface area (Å²) < 4.78 is 0.909. The average Bonchev–Trinajstić information content (AvgIpc) is 2.30. The molecule has 1 aromatic carbocycles. The van der Waals surface area contributed by atoms with Gasteiger partial charge >= 0.3 is 0 Å². The van der Waals surface area contributed by atoms with Gasteiger partial charge in [-0.1, -0.05) is 28.9 Å². The minimum Gasteiger partial charge on any atom is -0.349 e. The van der Waals surface area contributed by atoms with Crippen molar-refractivity contribution in [2.45, 2.75) is 26.8 Å². The minimum atomic E-state index is -0.0479. The number of rotatable bonds is 4. The number of alkyl halides is 1. The fourth-order valence-corrected chi connectivity index (χ4v) is 2.03. The molecule has 0 aliphatic carbocycles. The maximum atomic E-state index is 12.1. The second-order valence-electron chi connectivity index (χ2n) is 4.35. The van der Waals surface area contributed by atoms with Gasteiger partial charge in [0.05, 0.1) is 0 Å². The van der Waals surface area contributed by atoms with Crippen LogP contribution >= 0.6 is 27.5 Å². The summed E-state index contributed by atoms with van der Waals surface area (Å²) in [6.45, 7) is 5.92. The Bertz CT molecular complexity index is 408. The lowest BCUT2D eigenvalue weighted by atomic mass is 10.0. The van der Waals surface area contributed by atoms with Gasteiger partial charge in [0.2, 0.25) is 0 Å². The predicted molar refractivity (Wildman–Crippen MR) is 75.7 cm³/mol. The smallest absolute Gasteiger partial charge is 0.251 e. The molecule has 2 unspecified atom stereocenters. The summed E-state index contributed by atoms with van der Waals surface area (Å²) in [5, 5.41) is 2.97. The molecule has 0 radical (unpaired) electrons. The number of nitrogens with one attached hydrogen (secondary N) is 1. The first kappa shape index (κ1) is 14.5. The molecule has 17 heavy (non-hydrogen) atoms. The van der Waals surface area contributed by atoms with Crippen LogP contribution in [0.15, 0.2) is 22.7 Å². The highest BCUT2D eigenvalue weighted by atomic mass is 79.9. The third-order valence-corrected chi connectivity index (χ3v) is 3.88. The topological polar surface area (TPSA) is 29.1 Å². The Labute approximate surface area is 116 Å². The normalized spacial score (nSPS) is 14.2. The van der Waals surface area contributed by atoms with Gasteiger partial charge in [-0.15, -0.1) is 11.6 Å². The largest absolute Gasteiger partial charge is 0.349 e. The zero-order valence-electron chi connectivity index (χ0n) is 10.3. The highest BCUT2D eigenvalue weighted by Gasteiger charge is 2.16. The summed E-state index contributed by atoms with van der Waals surface area (Å²) in [4.78, 5) is 12.1. The first-order valence-corrected chi connectivity index (χ1v) is 6.91. The molecular weight excluding hydrogens is 302 g/mol. The highest BCUT2D eigenvalue weighted by Crippen LogP contribution is 2.16. The van der Waals surface area contributed by atoms with Crippen molar-refractivity contribution in [1.29, 1.82) is 0 Å². The number of amides is 1. The number of carbonyl (C=O) groups is 1. The SMILES string of the molecule is Cc1ccc(Br)cc1C(=O)NC(C)C(C)CCl. The number of hydrogen-bond acceptors (Lipinski definition) is 1. The van der Waals surface area contributed by atoms with Crippen LogP contribution in [0.3, 0.4) is 0 Å². The van der Waals surface area contributed by atoms with Gasteiger partial charge in [0.15, 0.2) is 0 Å². The fraction of sp³-hybridized carbons (Fsp3) is 0.462. The molecule has 0 saturated carbocycles. The van der Waals surface area contributed by atoms with Crippen molar-refractivity contribution in [3.05, 3.63) is 33.8 Å². The first-order valence-electron chi connectivity index (χ1n) is 5.58. The van der Waals surface area contributed by atoms with Gasteiger partial charge in [-0.25, -0.2) is 0 Å². The van der Waals surface area contributed by atoms with E-state index in [1.165, 1.54) is 0 Å². The van der Waals surface area contributed by atoms with E-state index in [-0.39, 0.29) is 17.9 Å². The zero-order valence-corrected chi connectivity index (χ0v) is 12.6. The predicted octanol–water partition coefficient (Wildman–Crippen LogP) is 3.75. The highest BCUT2D eigenvalue weighted by molar-refractivity contribution is 9.10. The van der Waals surface area contributed by atoms with E-state index in [0.29, 0.717) is 11.4 Å². The van der Waals surface area contributed by atoms with E-state index in [0.717, 1.165) is 10.0 Å². The monoisotopic (exact) mass is 317 g/mol. The molecule has 2 nitrogen and oxygen atoms in total. The Morgan fingerprint density at radius 1 is 1.47 bits per heavy atom. The van der Waals surface area contributed by atoms with E-state index in [9.17, 15) is 4.79 Å². The number of hydrogen-bond donors (Lipinski definition) is 1. The standard InChI is InChI=1S/C13H17BrClNO/c1-8-4-5-11(14)6-12(8)13(17)16-10(3)9(2)7-15/h4-6,9-10H,7H2,1-3H3,(H,16,17). The maximum absolute atomic E-state index is 12.1. The fourth-order valence-electron chi connectivity index (χ4n) is 1.40. The molecule has 0 spiro atoms. The van der Waals surface area contributed by atoms with Crippen LogP contribution < -0.4 is 5.32 Å². The van der Waals surface area contributed by atoms with Gasteiger partial charge in [-0.2, -0.15) is 0 Å². The van der Waals surface area contributed by atoms with Crippen LogP contribution in [-0.2, 0) is 0 Å². The Morgan fingerprint density at radius 2 is 2.12 bits per heavy atom. The molecule has 1 amide bonds. The number of benzene rings is 1. The van der Waals surface area contributed by atoms with Crippen LogP contribution in [0.25, 0.3) is 0 Å². The van der Waals surface area contributed by atoms with Crippen LogP contribution in [0.1, 0.15) is 29.8 Å². The molecule has 1 aromatic rings. The molecule has 0 fully saturated rings. The first-order chi connectivity index (χ1) is 7.95. The maximum Gasteiger partial charge on any atom is 0.251 e. The van der Waals surface area contributed by atoms with E-state index in [4.69, 9.17) is 11.6 Å². The number of carbonyl (C=O) groups excluding carboxylic acids is 1. The van der Waals surface area contributed by atoms with Gasteiger partial charge in [0.25, 0.3) is 5.91 Å². The van der Waals surface area contributed by atoms with Crippen LogP contribution in [0, 0.1) is 12.8 Å². The zero-order chi connectivity index (χ0) is 13.0. The summed E-state index contributed by atoms with van der Waals surface area (Å²) in [6, 6.07) is 5.76. The summed E-state index contributed by atoms with van der Waals surface area (Å²) in [6.07, 6.45) is 0. The molecule has 0 bridgehead atoms. The average molecular weight is 319 g/mol. The Kier molecular flexibility index (Phi) is 5.47. The van der Waals surface area contributed by atoms with Crippen molar-refractivity contribution < 1.29 is 4.79 Å². The quantitative estimate of drug-likeness (QED) is 0.842. The lowest BCUT2D eigenvalue weighted by Gasteiger charge is -2.19. The lowest BCUT2D eigenvalue weighted by molar-refractivity contribution is 0.0930. The van der Waals surface area contributed by atoms with Gasteiger partial charge in [-0.3, -0.25) is 4.79 Å². The molecule has 94 valence electrons. The molecule has 1 rings (SSSR count). The van der Waals surface area contributed by atoms with Crippen LogP contribution in [-0.4, -0.2) is 17.8 Å². The van der Waals surface area contributed by atoms with Gasteiger partial charge in [0, 0.05) is 22.0 Å². The van der Waals surface area contributed by atoms with Crippen molar-refractivity contribution >= 4 is 33.4 Å². The molecule has 0 aliphatic heterocycles. The van der Waals surface area contributed by atoms with Crippen molar-refractivity contribution in [3.8, 4) is 0 Å². The van der Waals surface area contributed by atoms with Crippen LogP contribution in [0.5, 0.6) is 0 Å².